The van der Waals surface area contributed by atoms with Crippen LogP contribution in [0.4, 0.5) is 5.69 Å². The van der Waals surface area contributed by atoms with Gasteiger partial charge in [0, 0.05) is 34.4 Å². The van der Waals surface area contributed by atoms with E-state index in [1.165, 1.54) is 12.3 Å². The van der Waals surface area contributed by atoms with Crippen LogP contribution in [0.15, 0.2) is 35.3 Å². The van der Waals surface area contributed by atoms with Gasteiger partial charge >= 0.3 is 0 Å². The van der Waals surface area contributed by atoms with Crippen molar-refractivity contribution in [3.05, 3.63) is 57.5 Å². The number of anilines is 1. The summed E-state index contributed by atoms with van der Waals surface area (Å²) >= 11 is 0. The Morgan fingerprint density at radius 2 is 1.80 bits per heavy atom. The second kappa shape index (κ2) is 11.1. The zero-order chi connectivity index (χ0) is 22.3. The molecule has 1 aromatic carbocycles. The van der Waals surface area contributed by atoms with Crippen LogP contribution in [-0.4, -0.2) is 27.5 Å². The average molecular weight is 433 g/mol. The van der Waals surface area contributed by atoms with E-state index >= 15 is 0 Å². The molecule has 1 amide bonds. The first-order chi connectivity index (χ1) is 14.2. The number of H-pyrrole nitrogens is 1. The Morgan fingerprint density at radius 3 is 2.33 bits per heavy atom. The van der Waals surface area contributed by atoms with Gasteiger partial charge in [-0.1, -0.05) is 52.8 Å². The van der Waals surface area contributed by atoms with Gasteiger partial charge in [0.1, 0.15) is 5.75 Å². The second-order valence-corrected chi connectivity index (χ2v) is 9.39. The molecule has 164 valence electrons. The standard InChI is InChI=1S/C23H32N2O4S/c1-6-10-29-21-12-24-17(11-20(21)26)13-30(28)14-22(27)25-23-18(15(2)3)8-7-9-19(23)16(4)5/h7-9,11-12,15-16H,6,10,13-14H2,1-5H3,(H,24,26)(H,25,27). The molecule has 0 aliphatic rings. The molecule has 1 aromatic heterocycles. The minimum absolute atomic E-state index is 0.0968. The maximum Gasteiger partial charge on any atom is 0.237 e. The van der Waals surface area contributed by atoms with Gasteiger partial charge in [-0.05, 0) is 29.4 Å². The highest BCUT2D eigenvalue weighted by Crippen LogP contribution is 2.32. The van der Waals surface area contributed by atoms with Gasteiger partial charge < -0.3 is 15.0 Å². The molecule has 30 heavy (non-hydrogen) atoms. The third-order valence-electron chi connectivity index (χ3n) is 4.64. The number of benzene rings is 1. The van der Waals surface area contributed by atoms with Crippen LogP contribution in [0.25, 0.3) is 0 Å². The van der Waals surface area contributed by atoms with Crippen molar-refractivity contribution in [3.63, 3.8) is 0 Å². The number of hydrogen-bond donors (Lipinski definition) is 2. The average Bonchev–Trinajstić information content (AvgIpc) is 2.66. The molecule has 2 rings (SSSR count). The number of nitrogens with one attached hydrogen (secondary N) is 2. The summed E-state index contributed by atoms with van der Waals surface area (Å²) in [7, 11) is -1.45. The van der Waals surface area contributed by atoms with E-state index in [-0.39, 0.29) is 40.4 Å². The molecular weight excluding hydrogens is 400 g/mol. The monoisotopic (exact) mass is 432 g/mol. The van der Waals surface area contributed by atoms with Crippen LogP contribution in [-0.2, 0) is 21.3 Å². The van der Waals surface area contributed by atoms with E-state index < -0.39 is 10.8 Å². The fourth-order valence-corrected chi connectivity index (χ4v) is 4.13. The minimum atomic E-state index is -1.45. The smallest absolute Gasteiger partial charge is 0.237 e. The van der Waals surface area contributed by atoms with Crippen molar-refractivity contribution in [2.75, 3.05) is 17.7 Å². The van der Waals surface area contributed by atoms with Crippen molar-refractivity contribution >= 4 is 22.4 Å². The van der Waals surface area contributed by atoms with Gasteiger partial charge in [-0.2, -0.15) is 0 Å². The molecule has 6 nitrogen and oxygen atoms in total. The highest BCUT2D eigenvalue weighted by Gasteiger charge is 2.17. The molecule has 2 N–H and O–H groups in total. The number of rotatable bonds is 10. The summed E-state index contributed by atoms with van der Waals surface area (Å²) in [4.78, 5) is 27.6. The second-order valence-electron chi connectivity index (χ2n) is 7.93. The Labute approximate surface area is 180 Å². The number of aromatic amines is 1. The maximum absolute atomic E-state index is 12.6. The number of carbonyl (C=O) groups is 1. The van der Waals surface area contributed by atoms with Crippen LogP contribution in [0.2, 0.25) is 0 Å². The van der Waals surface area contributed by atoms with Crippen LogP contribution >= 0.6 is 0 Å². The molecule has 1 unspecified atom stereocenters. The number of amides is 1. The Balaban J connectivity index is 2.06. The zero-order valence-electron chi connectivity index (χ0n) is 18.4. The van der Waals surface area contributed by atoms with E-state index in [0.717, 1.165) is 23.2 Å². The quantitative estimate of drug-likeness (QED) is 0.586. The number of para-hydroxylation sites is 1. The lowest BCUT2D eigenvalue weighted by Crippen LogP contribution is -2.22. The maximum atomic E-state index is 12.6. The normalized spacial score (nSPS) is 12.2. The number of pyridine rings is 1. The van der Waals surface area contributed by atoms with Crippen molar-refractivity contribution in [2.45, 2.75) is 58.6 Å². The summed E-state index contributed by atoms with van der Waals surface area (Å²) < 4.78 is 17.9. The lowest BCUT2D eigenvalue weighted by molar-refractivity contribution is -0.113. The first-order valence-corrected chi connectivity index (χ1v) is 11.8. The SMILES string of the molecule is CCCOc1c[nH]c(CS(=O)CC(=O)Nc2c(C(C)C)cccc2C(C)C)cc1=O. The number of aromatic nitrogens is 1. The summed E-state index contributed by atoms with van der Waals surface area (Å²) in [5.41, 5.74) is 3.20. The van der Waals surface area contributed by atoms with E-state index in [1.807, 2.05) is 25.1 Å². The van der Waals surface area contributed by atoms with E-state index in [9.17, 15) is 13.8 Å². The summed E-state index contributed by atoms with van der Waals surface area (Å²) in [6.07, 6.45) is 2.29. The van der Waals surface area contributed by atoms with Crippen molar-refractivity contribution in [1.82, 2.24) is 4.98 Å². The van der Waals surface area contributed by atoms with Gasteiger partial charge in [-0.3, -0.25) is 13.8 Å². The zero-order valence-corrected chi connectivity index (χ0v) is 19.2. The molecular formula is C23H32N2O4S. The molecule has 0 radical (unpaired) electrons. The van der Waals surface area contributed by atoms with E-state index in [1.54, 1.807) is 0 Å². The van der Waals surface area contributed by atoms with Crippen LogP contribution in [0.3, 0.4) is 0 Å². The van der Waals surface area contributed by atoms with Crippen LogP contribution in [0.1, 0.15) is 69.7 Å². The van der Waals surface area contributed by atoms with Crippen molar-refractivity contribution in [2.24, 2.45) is 0 Å². The number of ether oxygens (including phenoxy) is 1. The first kappa shape index (κ1) is 23.9. The predicted molar refractivity (Wildman–Crippen MR) is 123 cm³/mol. The van der Waals surface area contributed by atoms with Crippen LogP contribution < -0.4 is 15.5 Å². The minimum Gasteiger partial charge on any atom is -0.488 e. The molecule has 0 bridgehead atoms. The molecule has 0 spiro atoms. The Kier molecular flexibility index (Phi) is 8.84. The fraction of sp³-hybridized carbons (Fsp3) is 0.478. The Hall–Kier alpha value is -2.41. The third kappa shape index (κ3) is 6.55. The number of carbonyl (C=O) groups excluding carboxylic acids is 1. The Morgan fingerprint density at radius 1 is 1.17 bits per heavy atom. The van der Waals surface area contributed by atoms with E-state index in [2.05, 4.69) is 38.0 Å². The highest BCUT2D eigenvalue weighted by atomic mass is 32.2. The molecule has 1 heterocycles. The molecule has 0 aliphatic carbocycles. The molecule has 0 fully saturated rings. The number of hydrogen-bond acceptors (Lipinski definition) is 4. The molecule has 2 aromatic rings. The lowest BCUT2D eigenvalue weighted by atomic mass is 9.92. The third-order valence-corrected chi connectivity index (χ3v) is 5.86. The van der Waals surface area contributed by atoms with Crippen molar-refractivity contribution in [1.29, 1.82) is 0 Å². The lowest BCUT2D eigenvalue weighted by Gasteiger charge is -2.20. The summed E-state index contributed by atoms with van der Waals surface area (Å²) in [6, 6.07) is 7.40. The summed E-state index contributed by atoms with van der Waals surface area (Å²) in [5.74, 6) is 0.412. The van der Waals surface area contributed by atoms with E-state index in [4.69, 9.17) is 4.74 Å². The Bertz CT molecular complexity index is 924. The highest BCUT2D eigenvalue weighted by molar-refractivity contribution is 7.84. The van der Waals surface area contributed by atoms with Crippen molar-refractivity contribution in [3.8, 4) is 5.75 Å². The molecule has 1 atom stereocenters. The predicted octanol–water partition coefficient (Wildman–Crippen LogP) is 4.30. The van der Waals surface area contributed by atoms with Gasteiger partial charge in [-0.15, -0.1) is 0 Å². The largest absolute Gasteiger partial charge is 0.488 e. The molecule has 0 aliphatic heterocycles. The topological polar surface area (TPSA) is 88.3 Å². The van der Waals surface area contributed by atoms with Gasteiger partial charge in [0.15, 0.2) is 5.75 Å². The molecule has 0 saturated carbocycles. The van der Waals surface area contributed by atoms with E-state index in [0.29, 0.717) is 12.3 Å². The van der Waals surface area contributed by atoms with Gasteiger partial charge in [0.05, 0.1) is 12.4 Å². The summed E-state index contributed by atoms with van der Waals surface area (Å²) in [5, 5.41) is 2.98. The van der Waals surface area contributed by atoms with Crippen LogP contribution in [0, 0.1) is 0 Å². The van der Waals surface area contributed by atoms with Crippen LogP contribution in [0.5, 0.6) is 5.75 Å². The fourth-order valence-electron chi connectivity index (χ4n) is 3.15. The first-order valence-electron chi connectivity index (χ1n) is 10.3. The molecule has 7 heteroatoms. The van der Waals surface area contributed by atoms with Gasteiger partial charge in [-0.25, -0.2) is 0 Å². The van der Waals surface area contributed by atoms with Crippen molar-refractivity contribution < 1.29 is 13.7 Å². The molecule has 0 saturated heterocycles. The van der Waals surface area contributed by atoms with Gasteiger partial charge in [0.2, 0.25) is 11.3 Å². The van der Waals surface area contributed by atoms with Gasteiger partial charge in [0.25, 0.3) is 0 Å². The summed E-state index contributed by atoms with van der Waals surface area (Å²) in [6.45, 7) is 10.7.